The van der Waals surface area contributed by atoms with E-state index in [9.17, 15) is 9.59 Å². The molecule has 0 aliphatic heterocycles. The maximum absolute atomic E-state index is 12.7. The Morgan fingerprint density at radius 3 is 2.52 bits per heavy atom. The van der Waals surface area contributed by atoms with Crippen molar-refractivity contribution in [3.8, 4) is 28.1 Å². The summed E-state index contributed by atoms with van der Waals surface area (Å²) < 4.78 is 10.7. The van der Waals surface area contributed by atoms with Gasteiger partial charge in [-0.05, 0) is 41.5 Å². The molecule has 3 aromatic heterocycles. The van der Waals surface area contributed by atoms with E-state index >= 15 is 0 Å². The van der Waals surface area contributed by atoms with E-state index < -0.39 is 11.3 Å². The molecule has 0 radical (unpaired) electrons. The van der Waals surface area contributed by atoms with Crippen LogP contribution < -0.4 is 21.8 Å². The molecule has 3 heterocycles. The van der Waals surface area contributed by atoms with Crippen LogP contribution in [0.15, 0.2) is 74.7 Å². The summed E-state index contributed by atoms with van der Waals surface area (Å²) in [7, 11) is 1.58. The molecule has 8 heteroatoms. The molecular weight excluding hydrogens is 396 g/mol. The van der Waals surface area contributed by atoms with Crippen LogP contribution in [0.2, 0.25) is 0 Å². The van der Waals surface area contributed by atoms with E-state index in [-0.39, 0.29) is 17.0 Å². The summed E-state index contributed by atoms with van der Waals surface area (Å²) in [6.45, 7) is 0. The second-order valence-electron chi connectivity index (χ2n) is 6.92. The van der Waals surface area contributed by atoms with Crippen molar-refractivity contribution < 1.29 is 9.15 Å². The summed E-state index contributed by atoms with van der Waals surface area (Å²) in [5, 5.41) is 1.24. The van der Waals surface area contributed by atoms with Gasteiger partial charge in [0, 0.05) is 5.39 Å². The van der Waals surface area contributed by atoms with Crippen LogP contribution in [0.5, 0.6) is 5.75 Å². The van der Waals surface area contributed by atoms with Gasteiger partial charge in [0.25, 0.3) is 0 Å². The van der Waals surface area contributed by atoms with E-state index in [1.54, 1.807) is 43.5 Å². The number of ether oxygens (including phenoxy) is 1. The number of hydrogen-bond acceptors (Lipinski definition) is 7. The topological polar surface area (TPSA) is 124 Å². The Kier molecular flexibility index (Phi) is 4.25. The number of H-pyrrole nitrogens is 1. The van der Waals surface area contributed by atoms with Crippen molar-refractivity contribution in [1.82, 2.24) is 15.0 Å². The molecule has 0 bridgehead atoms. The lowest BCUT2D eigenvalue weighted by Crippen LogP contribution is -2.14. The van der Waals surface area contributed by atoms with Crippen molar-refractivity contribution in [1.29, 1.82) is 0 Å². The van der Waals surface area contributed by atoms with Gasteiger partial charge in [0.05, 0.1) is 23.8 Å². The molecule has 0 atom stereocenters. The Labute approximate surface area is 175 Å². The number of nitrogens with zero attached hydrogens (tertiary/aromatic N) is 2. The van der Waals surface area contributed by atoms with E-state index in [0.717, 1.165) is 10.9 Å². The highest BCUT2D eigenvalue weighted by atomic mass is 16.5. The van der Waals surface area contributed by atoms with Gasteiger partial charge in [-0.15, -0.1) is 0 Å². The number of fused-ring (bicyclic) bond motifs is 2. The monoisotopic (exact) mass is 412 g/mol. The fourth-order valence-corrected chi connectivity index (χ4v) is 3.56. The largest absolute Gasteiger partial charge is 0.497 e. The number of benzene rings is 2. The normalized spacial score (nSPS) is 11.1. The number of nitrogens with two attached hydrogens (primary N) is 1. The number of nitrogen functional groups attached to an aromatic ring is 1. The van der Waals surface area contributed by atoms with Crippen LogP contribution in [0.3, 0.4) is 0 Å². The zero-order chi connectivity index (χ0) is 21.5. The van der Waals surface area contributed by atoms with Crippen molar-refractivity contribution in [3.63, 3.8) is 0 Å². The first-order valence-electron chi connectivity index (χ1n) is 9.42. The van der Waals surface area contributed by atoms with Gasteiger partial charge in [-0.1, -0.05) is 30.3 Å². The van der Waals surface area contributed by atoms with Gasteiger partial charge in [-0.3, -0.25) is 4.98 Å². The van der Waals surface area contributed by atoms with Crippen LogP contribution >= 0.6 is 0 Å². The van der Waals surface area contributed by atoms with E-state index in [2.05, 4.69) is 15.0 Å². The number of para-hydroxylation sites is 1. The predicted octanol–water partition coefficient (Wildman–Crippen LogP) is 3.35. The summed E-state index contributed by atoms with van der Waals surface area (Å²) >= 11 is 0. The molecule has 5 aromatic rings. The van der Waals surface area contributed by atoms with Crippen LogP contribution in [0, 0.1) is 0 Å². The van der Waals surface area contributed by atoms with Gasteiger partial charge in [-0.25, -0.2) is 14.6 Å². The van der Waals surface area contributed by atoms with Gasteiger partial charge >= 0.3 is 11.3 Å². The lowest BCUT2D eigenvalue weighted by atomic mass is 10.00. The Hall–Kier alpha value is -4.46. The number of anilines is 1. The van der Waals surface area contributed by atoms with Crippen molar-refractivity contribution in [2.75, 3.05) is 12.8 Å². The summed E-state index contributed by atoms with van der Waals surface area (Å²) in [6.07, 6.45) is 0. The average molecular weight is 412 g/mol. The Bertz CT molecular complexity index is 1570. The molecule has 152 valence electrons. The molecule has 2 aromatic carbocycles. The number of rotatable bonds is 3. The van der Waals surface area contributed by atoms with Crippen LogP contribution in [-0.2, 0) is 0 Å². The smallest absolute Gasteiger partial charge is 0.348 e. The molecule has 5 rings (SSSR count). The van der Waals surface area contributed by atoms with Crippen molar-refractivity contribution >= 4 is 27.8 Å². The minimum Gasteiger partial charge on any atom is -0.497 e. The highest BCUT2D eigenvalue weighted by Gasteiger charge is 2.17. The zero-order valence-corrected chi connectivity index (χ0v) is 16.4. The summed E-state index contributed by atoms with van der Waals surface area (Å²) in [6, 6.07) is 18.0. The molecule has 0 aliphatic rings. The van der Waals surface area contributed by atoms with E-state index in [1.807, 2.05) is 24.3 Å². The first-order chi connectivity index (χ1) is 15.0. The zero-order valence-electron chi connectivity index (χ0n) is 16.4. The molecule has 0 unspecified atom stereocenters. The number of methoxy groups -OCH3 is 1. The van der Waals surface area contributed by atoms with Gasteiger partial charge < -0.3 is 14.9 Å². The molecule has 3 N–H and O–H groups in total. The SMILES string of the molecule is COc1ccc(-c2cc(-c3cc4ccccc4oc3=O)nc3nc(=O)[nH]c(N)c23)cc1. The molecule has 8 nitrogen and oxygen atoms in total. The Morgan fingerprint density at radius 2 is 1.74 bits per heavy atom. The molecule has 0 saturated carbocycles. The maximum atomic E-state index is 12.7. The van der Waals surface area contributed by atoms with Crippen LogP contribution in [-0.4, -0.2) is 22.1 Å². The first-order valence-corrected chi connectivity index (χ1v) is 9.42. The lowest BCUT2D eigenvalue weighted by molar-refractivity contribution is 0.415. The molecule has 0 spiro atoms. The molecule has 0 amide bonds. The third-order valence-electron chi connectivity index (χ3n) is 5.04. The Balaban J connectivity index is 1.83. The highest BCUT2D eigenvalue weighted by molar-refractivity contribution is 6.01. The number of hydrogen-bond donors (Lipinski definition) is 2. The quantitative estimate of drug-likeness (QED) is 0.435. The van der Waals surface area contributed by atoms with Crippen LogP contribution in [0.25, 0.3) is 44.4 Å². The standard InChI is InChI=1S/C23H16N4O4/c1-30-14-8-6-12(7-9-14)15-11-17(25-21-19(15)20(24)26-23(29)27-21)16-10-13-4-2-3-5-18(13)31-22(16)28/h2-11H,1H3,(H3,24,25,26,27,29). The third kappa shape index (κ3) is 3.20. The maximum Gasteiger partial charge on any atom is 0.348 e. The minimum atomic E-state index is -0.624. The summed E-state index contributed by atoms with van der Waals surface area (Å²) in [5.41, 5.74) is 7.60. The van der Waals surface area contributed by atoms with Crippen LogP contribution in [0.1, 0.15) is 0 Å². The fraction of sp³-hybridized carbons (Fsp3) is 0.0435. The van der Waals surface area contributed by atoms with E-state index in [1.165, 1.54) is 0 Å². The second-order valence-corrected chi connectivity index (χ2v) is 6.92. The minimum absolute atomic E-state index is 0.136. The summed E-state index contributed by atoms with van der Waals surface area (Å²) in [4.78, 5) is 35.6. The molecular formula is C23H16N4O4. The van der Waals surface area contributed by atoms with Crippen molar-refractivity contribution in [2.45, 2.75) is 0 Å². The van der Waals surface area contributed by atoms with E-state index in [4.69, 9.17) is 14.9 Å². The van der Waals surface area contributed by atoms with Gasteiger partial charge in [0.1, 0.15) is 17.2 Å². The second kappa shape index (κ2) is 7.10. The molecule has 0 aliphatic carbocycles. The number of pyridine rings is 1. The number of aromatic nitrogens is 3. The average Bonchev–Trinajstić information content (AvgIpc) is 2.77. The first kappa shape index (κ1) is 18.6. The van der Waals surface area contributed by atoms with E-state index in [0.29, 0.717) is 28.0 Å². The molecule has 0 fully saturated rings. The summed E-state index contributed by atoms with van der Waals surface area (Å²) in [5.74, 6) is 0.836. The predicted molar refractivity (Wildman–Crippen MR) is 118 cm³/mol. The van der Waals surface area contributed by atoms with Crippen molar-refractivity contribution in [3.05, 3.63) is 81.6 Å². The molecule has 0 saturated heterocycles. The van der Waals surface area contributed by atoms with Gasteiger partial charge in [0.15, 0.2) is 5.65 Å². The van der Waals surface area contributed by atoms with Crippen molar-refractivity contribution in [2.24, 2.45) is 0 Å². The van der Waals surface area contributed by atoms with Gasteiger partial charge in [0.2, 0.25) is 0 Å². The van der Waals surface area contributed by atoms with Gasteiger partial charge in [-0.2, -0.15) is 4.98 Å². The Morgan fingerprint density at radius 1 is 0.968 bits per heavy atom. The number of nitrogens with one attached hydrogen (secondary N) is 1. The third-order valence-corrected chi connectivity index (χ3v) is 5.04. The number of aromatic amines is 1. The van der Waals surface area contributed by atoms with Crippen LogP contribution in [0.4, 0.5) is 5.82 Å². The highest BCUT2D eigenvalue weighted by Crippen LogP contribution is 2.33. The lowest BCUT2D eigenvalue weighted by Gasteiger charge is -2.11. The fourth-order valence-electron chi connectivity index (χ4n) is 3.56. The molecule has 31 heavy (non-hydrogen) atoms.